The summed E-state index contributed by atoms with van der Waals surface area (Å²) < 4.78 is 7.02. The van der Waals surface area contributed by atoms with Crippen LogP contribution in [0.5, 0.6) is 0 Å². The molecular weight excluding hydrogens is 254 g/mol. The van der Waals surface area contributed by atoms with Crippen LogP contribution in [0.3, 0.4) is 0 Å². The molecule has 0 bridgehead atoms. The first-order valence-electron chi connectivity index (χ1n) is 6.83. The second-order valence-electron chi connectivity index (χ2n) is 5.09. The molecule has 2 rings (SSSR count). The smallest absolute Gasteiger partial charge is 0.224 e. The van der Waals surface area contributed by atoms with Crippen LogP contribution in [-0.2, 0) is 16.0 Å². The number of ether oxygens (including phenoxy) is 1. The molecule has 0 fully saturated rings. The van der Waals surface area contributed by atoms with Crippen LogP contribution < -0.4 is 5.32 Å². The molecule has 0 atom stereocenters. The second kappa shape index (κ2) is 6.52. The van der Waals surface area contributed by atoms with E-state index in [2.05, 4.69) is 28.7 Å². The predicted molar refractivity (Wildman–Crippen MR) is 78.7 cm³/mol. The highest BCUT2D eigenvalue weighted by Crippen LogP contribution is 2.18. The number of nitrogens with zero attached hydrogens (tertiary/aromatic N) is 2. The number of fused-ring (bicyclic) bond motifs is 1. The quantitative estimate of drug-likeness (QED) is 0.819. The molecule has 1 heterocycles. The molecule has 1 amide bonds. The van der Waals surface area contributed by atoms with E-state index in [1.165, 1.54) is 0 Å². The first kappa shape index (κ1) is 14.5. The minimum atomic E-state index is 0.00434. The molecule has 1 N–H and O–H groups in total. The van der Waals surface area contributed by atoms with Gasteiger partial charge in [0.05, 0.1) is 30.4 Å². The Morgan fingerprint density at radius 3 is 2.95 bits per heavy atom. The zero-order valence-electron chi connectivity index (χ0n) is 12.2. The highest BCUT2D eigenvalue weighted by Gasteiger charge is 2.08. The lowest BCUT2D eigenvalue weighted by molar-refractivity contribution is -0.120. The van der Waals surface area contributed by atoms with Crippen LogP contribution in [0.15, 0.2) is 24.5 Å². The van der Waals surface area contributed by atoms with Gasteiger partial charge in [0.25, 0.3) is 0 Å². The number of rotatable bonds is 6. The van der Waals surface area contributed by atoms with Gasteiger partial charge >= 0.3 is 0 Å². The van der Waals surface area contributed by atoms with Gasteiger partial charge in [-0.2, -0.15) is 0 Å². The Kier molecular flexibility index (Phi) is 4.74. The van der Waals surface area contributed by atoms with Gasteiger partial charge in [-0.1, -0.05) is 6.07 Å². The van der Waals surface area contributed by atoms with E-state index in [4.69, 9.17) is 4.74 Å². The molecule has 20 heavy (non-hydrogen) atoms. The molecule has 1 aromatic heterocycles. The maximum atomic E-state index is 11.7. The van der Waals surface area contributed by atoms with Crippen molar-refractivity contribution in [1.82, 2.24) is 14.9 Å². The summed E-state index contributed by atoms with van der Waals surface area (Å²) in [6, 6.07) is 6.37. The first-order chi connectivity index (χ1) is 9.61. The summed E-state index contributed by atoms with van der Waals surface area (Å²) in [4.78, 5) is 16.1. The summed E-state index contributed by atoms with van der Waals surface area (Å²) in [7, 11) is 1.62. The summed E-state index contributed by atoms with van der Waals surface area (Å²) >= 11 is 0. The van der Waals surface area contributed by atoms with E-state index in [1.54, 1.807) is 7.11 Å². The van der Waals surface area contributed by atoms with Crippen LogP contribution in [0.1, 0.15) is 25.5 Å². The first-order valence-corrected chi connectivity index (χ1v) is 6.83. The number of aromatic nitrogens is 2. The number of imidazole rings is 1. The van der Waals surface area contributed by atoms with Crippen molar-refractivity contribution in [1.29, 1.82) is 0 Å². The lowest BCUT2D eigenvalue weighted by Gasteiger charge is -2.08. The van der Waals surface area contributed by atoms with Gasteiger partial charge in [-0.25, -0.2) is 4.98 Å². The van der Waals surface area contributed by atoms with Gasteiger partial charge in [0.1, 0.15) is 0 Å². The SMILES string of the molecule is COCCNC(=O)Cc1ccc2c(c1)ncn2C(C)C. The van der Waals surface area contributed by atoms with Crippen molar-refractivity contribution in [2.45, 2.75) is 26.3 Å². The predicted octanol–water partition coefficient (Wildman–Crippen LogP) is 1.92. The topological polar surface area (TPSA) is 56.1 Å². The van der Waals surface area contributed by atoms with Gasteiger partial charge in [0.15, 0.2) is 0 Å². The Bertz CT molecular complexity index is 590. The molecule has 0 aliphatic heterocycles. The Balaban J connectivity index is 2.07. The fourth-order valence-corrected chi connectivity index (χ4v) is 2.14. The number of hydrogen-bond donors (Lipinski definition) is 1. The number of nitrogens with one attached hydrogen (secondary N) is 1. The van der Waals surface area contributed by atoms with Crippen molar-refractivity contribution >= 4 is 16.9 Å². The molecule has 0 unspecified atom stereocenters. The highest BCUT2D eigenvalue weighted by molar-refractivity contribution is 5.81. The average Bonchev–Trinajstić information content (AvgIpc) is 2.82. The minimum absolute atomic E-state index is 0.00434. The molecule has 0 spiro atoms. The van der Waals surface area contributed by atoms with Crippen LogP contribution in [0.25, 0.3) is 11.0 Å². The number of carbonyl (C=O) groups excluding carboxylic acids is 1. The Morgan fingerprint density at radius 2 is 2.25 bits per heavy atom. The van der Waals surface area contributed by atoms with E-state index in [-0.39, 0.29) is 5.91 Å². The van der Waals surface area contributed by atoms with Crippen LogP contribution in [0.4, 0.5) is 0 Å². The Labute approximate surface area is 118 Å². The van der Waals surface area contributed by atoms with E-state index in [0.717, 1.165) is 16.6 Å². The molecule has 0 saturated heterocycles. The van der Waals surface area contributed by atoms with E-state index in [0.29, 0.717) is 25.6 Å². The summed E-state index contributed by atoms with van der Waals surface area (Å²) in [5.74, 6) is 0.00434. The van der Waals surface area contributed by atoms with E-state index in [1.807, 2.05) is 24.5 Å². The van der Waals surface area contributed by atoms with Crippen molar-refractivity contribution in [3.8, 4) is 0 Å². The molecule has 2 aromatic rings. The number of carbonyl (C=O) groups is 1. The lowest BCUT2D eigenvalue weighted by Crippen LogP contribution is -2.28. The molecule has 5 nitrogen and oxygen atoms in total. The third-order valence-corrected chi connectivity index (χ3v) is 3.19. The number of benzene rings is 1. The van der Waals surface area contributed by atoms with Crippen LogP contribution in [-0.4, -0.2) is 35.7 Å². The normalized spacial score (nSPS) is 11.2. The molecule has 108 valence electrons. The zero-order valence-corrected chi connectivity index (χ0v) is 12.2. The second-order valence-corrected chi connectivity index (χ2v) is 5.09. The number of methoxy groups -OCH3 is 1. The highest BCUT2D eigenvalue weighted by atomic mass is 16.5. The van der Waals surface area contributed by atoms with Gasteiger partial charge in [-0.15, -0.1) is 0 Å². The molecule has 5 heteroatoms. The van der Waals surface area contributed by atoms with Crippen LogP contribution >= 0.6 is 0 Å². The third-order valence-electron chi connectivity index (χ3n) is 3.19. The van der Waals surface area contributed by atoms with Crippen molar-refractivity contribution in [2.24, 2.45) is 0 Å². The number of amides is 1. The number of hydrogen-bond acceptors (Lipinski definition) is 3. The molecule has 0 saturated carbocycles. The third kappa shape index (κ3) is 3.36. The summed E-state index contributed by atoms with van der Waals surface area (Å²) in [5, 5.41) is 2.81. The van der Waals surface area contributed by atoms with E-state index >= 15 is 0 Å². The summed E-state index contributed by atoms with van der Waals surface area (Å²) in [5.41, 5.74) is 3.01. The van der Waals surface area contributed by atoms with Crippen molar-refractivity contribution in [3.63, 3.8) is 0 Å². The van der Waals surface area contributed by atoms with Crippen molar-refractivity contribution in [2.75, 3.05) is 20.3 Å². The minimum Gasteiger partial charge on any atom is -0.383 e. The van der Waals surface area contributed by atoms with Crippen LogP contribution in [0.2, 0.25) is 0 Å². The van der Waals surface area contributed by atoms with Gasteiger partial charge in [-0.05, 0) is 31.5 Å². The zero-order chi connectivity index (χ0) is 14.5. The molecular formula is C15H21N3O2. The summed E-state index contributed by atoms with van der Waals surface area (Å²) in [6.45, 7) is 5.32. The Morgan fingerprint density at radius 1 is 1.45 bits per heavy atom. The van der Waals surface area contributed by atoms with Gasteiger partial charge in [0, 0.05) is 19.7 Å². The molecule has 1 aromatic carbocycles. The van der Waals surface area contributed by atoms with E-state index in [9.17, 15) is 4.79 Å². The van der Waals surface area contributed by atoms with E-state index < -0.39 is 0 Å². The van der Waals surface area contributed by atoms with Crippen molar-refractivity contribution < 1.29 is 9.53 Å². The average molecular weight is 275 g/mol. The molecule has 0 radical (unpaired) electrons. The maximum Gasteiger partial charge on any atom is 0.224 e. The fourth-order valence-electron chi connectivity index (χ4n) is 2.14. The molecule has 0 aliphatic carbocycles. The monoisotopic (exact) mass is 275 g/mol. The molecule has 0 aliphatic rings. The summed E-state index contributed by atoms with van der Waals surface area (Å²) in [6.07, 6.45) is 2.21. The van der Waals surface area contributed by atoms with Gasteiger partial charge < -0.3 is 14.6 Å². The fraction of sp³-hybridized carbons (Fsp3) is 0.467. The largest absolute Gasteiger partial charge is 0.383 e. The van der Waals surface area contributed by atoms with Crippen molar-refractivity contribution in [3.05, 3.63) is 30.1 Å². The van der Waals surface area contributed by atoms with Crippen LogP contribution in [0, 0.1) is 0 Å². The standard InChI is InChI=1S/C15H21N3O2/c1-11(2)18-10-17-13-8-12(4-5-14(13)18)9-15(19)16-6-7-20-3/h4-5,8,10-11H,6-7,9H2,1-3H3,(H,16,19). The Hall–Kier alpha value is -1.88. The maximum absolute atomic E-state index is 11.7. The lowest BCUT2D eigenvalue weighted by atomic mass is 10.1. The van der Waals surface area contributed by atoms with Gasteiger partial charge in [-0.3, -0.25) is 4.79 Å². The van der Waals surface area contributed by atoms with Gasteiger partial charge in [0.2, 0.25) is 5.91 Å².